The summed E-state index contributed by atoms with van der Waals surface area (Å²) >= 11 is 0. The maximum Gasteiger partial charge on any atom is 0.251 e. The second-order valence-electron chi connectivity index (χ2n) is 8.00. The van der Waals surface area contributed by atoms with Crippen molar-refractivity contribution in [2.45, 2.75) is 50.3 Å². The number of rotatable bonds is 7. The summed E-state index contributed by atoms with van der Waals surface area (Å²) in [5, 5.41) is 3.07. The van der Waals surface area contributed by atoms with Gasteiger partial charge in [0.2, 0.25) is 5.91 Å². The number of methoxy groups -OCH3 is 1. The second kappa shape index (κ2) is 7.56. The smallest absolute Gasteiger partial charge is 0.251 e. The minimum absolute atomic E-state index is 0.0366. The van der Waals surface area contributed by atoms with Gasteiger partial charge in [-0.25, -0.2) is 0 Å². The average Bonchev–Trinajstić information content (AvgIpc) is 3.49. The van der Waals surface area contributed by atoms with Gasteiger partial charge in [0.15, 0.2) is 6.10 Å². The molecule has 1 aliphatic heterocycles. The van der Waals surface area contributed by atoms with E-state index in [1.54, 1.807) is 19.5 Å². The van der Waals surface area contributed by atoms with Gasteiger partial charge >= 0.3 is 0 Å². The molecule has 7 heteroatoms. The van der Waals surface area contributed by atoms with Crippen molar-refractivity contribution in [2.24, 2.45) is 5.41 Å². The van der Waals surface area contributed by atoms with Crippen LogP contribution in [0.15, 0.2) is 24.5 Å². The Morgan fingerprint density at radius 3 is 2.85 bits per heavy atom. The molecule has 2 amide bonds. The third-order valence-electron chi connectivity index (χ3n) is 5.99. The van der Waals surface area contributed by atoms with Crippen LogP contribution in [0.2, 0.25) is 0 Å². The Bertz CT molecular complexity index is 688. The number of hydrogen-bond acceptors (Lipinski definition) is 5. The summed E-state index contributed by atoms with van der Waals surface area (Å²) in [6, 6.07) is 3.52. The number of morpholine rings is 1. The number of nitrogens with one attached hydrogen (secondary N) is 1. The van der Waals surface area contributed by atoms with Crippen LogP contribution in [0.5, 0.6) is 0 Å². The lowest BCUT2D eigenvalue weighted by atomic mass is 9.69. The molecule has 1 saturated heterocycles. The van der Waals surface area contributed by atoms with Crippen molar-refractivity contribution in [1.82, 2.24) is 15.2 Å². The second-order valence-corrected chi connectivity index (χ2v) is 8.00. The molecule has 3 fully saturated rings. The predicted molar refractivity (Wildman–Crippen MR) is 97.8 cm³/mol. The van der Waals surface area contributed by atoms with Crippen molar-refractivity contribution in [3.05, 3.63) is 30.1 Å². The topological polar surface area (TPSA) is 80.8 Å². The van der Waals surface area contributed by atoms with Crippen LogP contribution >= 0.6 is 0 Å². The summed E-state index contributed by atoms with van der Waals surface area (Å²) in [7, 11) is 1.70. The monoisotopic (exact) mass is 373 g/mol. The van der Waals surface area contributed by atoms with Gasteiger partial charge in [-0.15, -0.1) is 0 Å². The summed E-state index contributed by atoms with van der Waals surface area (Å²) < 4.78 is 11.1. The Kier molecular flexibility index (Phi) is 5.14. The van der Waals surface area contributed by atoms with Gasteiger partial charge in [0.1, 0.15) is 6.61 Å². The van der Waals surface area contributed by atoms with Crippen molar-refractivity contribution in [1.29, 1.82) is 0 Å². The number of pyridine rings is 1. The molecule has 3 aliphatic rings. The molecule has 2 aliphatic carbocycles. The van der Waals surface area contributed by atoms with Gasteiger partial charge in [0.05, 0.1) is 12.6 Å². The zero-order valence-corrected chi connectivity index (χ0v) is 15.7. The van der Waals surface area contributed by atoms with Gasteiger partial charge in [-0.05, 0) is 37.3 Å². The van der Waals surface area contributed by atoms with E-state index in [4.69, 9.17) is 9.47 Å². The van der Waals surface area contributed by atoms with E-state index in [1.165, 1.54) is 6.42 Å². The minimum atomic E-state index is -0.716. The fourth-order valence-electron chi connectivity index (χ4n) is 4.25. The minimum Gasteiger partial charge on any atom is -0.384 e. The lowest BCUT2D eigenvalue weighted by molar-refractivity contribution is -0.165. The fraction of sp³-hybridized carbons (Fsp3) is 0.650. The van der Waals surface area contributed by atoms with E-state index >= 15 is 0 Å². The molecule has 0 radical (unpaired) electrons. The van der Waals surface area contributed by atoms with Crippen LogP contribution in [0.4, 0.5) is 0 Å². The van der Waals surface area contributed by atoms with E-state index < -0.39 is 12.1 Å². The van der Waals surface area contributed by atoms with Crippen molar-refractivity contribution >= 4 is 11.8 Å². The van der Waals surface area contributed by atoms with Crippen molar-refractivity contribution < 1.29 is 19.1 Å². The molecule has 0 unspecified atom stereocenters. The number of amides is 2. The van der Waals surface area contributed by atoms with E-state index in [0.717, 1.165) is 31.2 Å². The highest BCUT2D eigenvalue weighted by molar-refractivity contribution is 5.86. The number of aromatic nitrogens is 1. The van der Waals surface area contributed by atoms with Crippen molar-refractivity contribution in [2.75, 3.05) is 26.9 Å². The predicted octanol–water partition coefficient (Wildman–Crippen LogP) is 1.45. The lowest BCUT2D eigenvalue weighted by Crippen LogP contribution is -2.56. The van der Waals surface area contributed by atoms with Gasteiger partial charge in [-0.2, -0.15) is 0 Å². The van der Waals surface area contributed by atoms with Crippen LogP contribution in [-0.4, -0.2) is 60.7 Å². The van der Waals surface area contributed by atoms with Crippen LogP contribution in [0.3, 0.4) is 0 Å². The zero-order valence-electron chi connectivity index (χ0n) is 15.7. The highest BCUT2D eigenvalue weighted by atomic mass is 16.5. The molecule has 2 saturated carbocycles. The first-order chi connectivity index (χ1) is 13.1. The Labute approximate surface area is 159 Å². The molecule has 2 heterocycles. The van der Waals surface area contributed by atoms with Crippen LogP contribution in [0.25, 0.3) is 0 Å². The first-order valence-corrected chi connectivity index (χ1v) is 9.73. The number of ether oxygens (including phenoxy) is 2. The number of carbonyl (C=O) groups is 2. The highest BCUT2D eigenvalue weighted by Gasteiger charge is 2.48. The number of carbonyl (C=O) groups excluding carboxylic acids is 2. The molecule has 1 aromatic heterocycles. The third-order valence-corrected chi connectivity index (χ3v) is 5.99. The summed E-state index contributed by atoms with van der Waals surface area (Å²) in [5.74, 6) is -0.213. The number of nitrogens with zero attached hydrogens (tertiary/aromatic N) is 2. The van der Waals surface area contributed by atoms with Gasteiger partial charge in [-0.3, -0.25) is 14.6 Å². The maximum absolute atomic E-state index is 13.0. The number of hydrogen-bond donors (Lipinski definition) is 1. The molecule has 27 heavy (non-hydrogen) atoms. The van der Waals surface area contributed by atoms with Crippen LogP contribution < -0.4 is 5.32 Å². The van der Waals surface area contributed by atoms with Gasteiger partial charge in [-0.1, -0.05) is 12.5 Å². The van der Waals surface area contributed by atoms with Crippen LogP contribution in [0.1, 0.15) is 43.7 Å². The molecule has 0 spiro atoms. The molecule has 1 aromatic rings. The summed E-state index contributed by atoms with van der Waals surface area (Å²) in [6.07, 6.45) is 7.95. The molecular formula is C20H27N3O4. The maximum atomic E-state index is 13.0. The van der Waals surface area contributed by atoms with Crippen molar-refractivity contribution in [3.63, 3.8) is 0 Å². The quantitative estimate of drug-likeness (QED) is 0.782. The SMILES string of the molecule is COCC1(CNC(=O)[C@H]2OCC(=O)N(C3CC3)[C@@H]2c2cccnc2)CCC1. The molecule has 0 aromatic carbocycles. The van der Waals surface area contributed by atoms with Gasteiger partial charge < -0.3 is 19.7 Å². The van der Waals surface area contributed by atoms with E-state index in [2.05, 4.69) is 10.3 Å². The fourth-order valence-corrected chi connectivity index (χ4v) is 4.25. The van der Waals surface area contributed by atoms with E-state index in [-0.39, 0.29) is 29.9 Å². The third kappa shape index (κ3) is 3.71. The van der Waals surface area contributed by atoms with Gasteiger partial charge in [0.25, 0.3) is 5.91 Å². The van der Waals surface area contributed by atoms with Crippen LogP contribution in [0, 0.1) is 5.41 Å². The van der Waals surface area contributed by atoms with E-state index in [9.17, 15) is 9.59 Å². The first-order valence-electron chi connectivity index (χ1n) is 9.73. The highest BCUT2D eigenvalue weighted by Crippen LogP contribution is 2.41. The normalized spacial score (nSPS) is 27.1. The molecule has 4 rings (SSSR count). The summed E-state index contributed by atoms with van der Waals surface area (Å²) in [4.78, 5) is 31.6. The molecule has 7 nitrogen and oxygen atoms in total. The molecule has 2 atom stereocenters. The molecule has 1 N–H and O–H groups in total. The summed E-state index contributed by atoms with van der Waals surface area (Å²) in [5.41, 5.74) is 0.877. The molecule has 146 valence electrons. The van der Waals surface area contributed by atoms with E-state index in [0.29, 0.717) is 13.2 Å². The largest absolute Gasteiger partial charge is 0.384 e. The average molecular weight is 373 g/mol. The molecule has 0 bridgehead atoms. The Morgan fingerprint density at radius 1 is 1.44 bits per heavy atom. The standard InChI is InChI=1S/C20H27N3O4/c1-26-13-20(7-3-8-20)12-22-19(25)18-17(14-4-2-9-21-10-14)23(15-5-6-15)16(24)11-27-18/h2,4,9-10,15,17-18H,3,5-8,11-13H2,1H3,(H,22,25)/t17-,18+/m1/s1. The Hall–Kier alpha value is -1.99. The lowest BCUT2D eigenvalue weighted by Gasteiger charge is -2.43. The zero-order chi connectivity index (χ0) is 18.9. The van der Waals surface area contributed by atoms with E-state index in [1.807, 2.05) is 17.0 Å². The Balaban J connectivity index is 1.52. The first kappa shape index (κ1) is 18.4. The molecular weight excluding hydrogens is 346 g/mol. The van der Waals surface area contributed by atoms with Crippen LogP contribution in [-0.2, 0) is 19.1 Å². The summed E-state index contributed by atoms with van der Waals surface area (Å²) in [6.45, 7) is 1.18. The Morgan fingerprint density at radius 2 is 2.26 bits per heavy atom. The van der Waals surface area contributed by atoms with Gasteiger partial charge in [0, 0.05) is 37.5 Å². The van der Waals surface area contributed by atoms with Crippen molar-refractivity contribution in [3.8, 4) is 0 Å².